The summed E-state index contributed by atoms with van der Waals surface area (Å²) in [6.45, 7) is 0.00916. The molecule has 0 radical (unpaired) electrons. The zero-order valence-corrected chi connectivity index (χ0v) is 13.0. The molecule has 0 saturated heterocycles. The van der Waals surface area contributed by atoms with Crippen molar-refractivity contribution in [3.63, 3.8) is 0 Å². The minimum absolute atomic E-state index is 0.0427. The Morgan fingerprint density at radius 1 is 1.08 bits per heavy atom. The molecule has 2 N–H and O–H groups in total. The third-order valence-corrected chi connectivity index (χ3v) is 3.36. The maximum absolute atomic E-state index is 12.4. The average Bonchev–Trinajstić information content (AvgIpc) is 2.62. The van der Waals surface area contributed by atoms with Gasteiger partial charge in [-0.2, -0.15) is 5.26 Å². The van der Waals surface area contributed by atoms with Gasteiger partial charge in [0, 0.05) is 13.1 Å². The summed E-state index contributed by atoms with van der Waals surface area (Å²) in [7, 11) is 0. The Morgan fingerprint density at radius 2 is 1.75 bits per heavy atom. The second-order valence-corrected chi connectivity index (χ2v) is 5.05. The van der Waals surface area contributed by atoms with Crippen LogP contribution in [-0.4, -0.2) is 35.0 Å². The van der Waals surface area contributed by atoms with Crippen molar-refractivity contribution in [1.82, 2.24) is 4.90 Å². The molecule has 2 aromatic carbocycles. The van der Waals surface area contributed by atoms with E-state index in [2.05, 4.69) is 5.32 Å². The van der Waals surface area contributed by atoms with Crippen molar-refractivity contribution in [3.05, 3.63) is 65.7 Å². The Morgan fingerprint density at radius 3 is 2.42 bits per heavy atom. The number of rotatable bonds is 5. The summed E-state index contributed by atoms with van der Waals surface area (Å²) in [6, 6.07) is 17.6. The second-order valence-electron chi connectivity index (χ2n) is 5.05. The quantitative estimate of drug-likeness (QED) is 0.816. The standard InChI is InChI=1S/C18H17N3O3/c19-12-15-8-4-5-9-16(15)20-17(23)18(24)21(10-11-22)13-14-6-2-1-3-7-14/h1-9,22H,10-11,13H2,(H,20,23). The van der Waals surface area contributed by atoms with Gasteiger partial charge in [-0.1, -0.05) is 42.5 Å². The number of hydrogen-bond acceptors (Lipinski definition) is 4. The zero-order chi connectivity index (χ0) is 17.4. The Balaban J connectivity index is 2.11. The third-order valence-electron chi connectivity index (χ3n) is 3.36. The average molecular weight is 323 g/mol. The fourth-order valence-electron chi connectivity index (χ4n) is 2.19. The van der Waals surface area contributed by atoms with Crippen LogP contribution in [-0.2, 0) is 16.1 Å². The lowest BCUT2D eigenvalue weighted by Crippen LogP contribution is -2.40. The molecular formula is C18H17N3O3. The van der Waals surface area contributed by atoms with Crippen LogP contribution >= 0.6 is 0 Å². The lowest BCUT2D eigenvalue weighted by molar-refractivity contribution is -0.143. The van der Waals surface area contributed by atoms with Gasteiger partial charge in [0.25, 0.3) is 0 Å². The van der Waals surface area contributed by atoms with Crippen molar-refractivity contribution < 1.29 is 14.7 Å². The summed E-state index contributed by atoms with van der Waals surface area (Å²) < 4.78 is 0. The number of nitrogens with zero attached hydrogens (tertiary/aromatic N) is 2. The molecule has 0 spiro atoms. The van der Waals surface area contributed by atoms with E-state index in [4.69, 9.17) is 10.4 Å². The van der Waals surface area contributed by atoms with Crippen molar-refractivity contribution in [2.45, 2.75) is 6.54 Å². The summed E-state index contributed by atoms with van der Waals surface area (Å²) >= 11 is 0. The van der Waals surface area contributed by atoms with Crippen LogP contribution in [0.1, 0.15) is 11.1 Å². The Kier molecular flexibility index (Phi) is 6.06. The first-order chi connectivity index (χ1) is 11.7. The summed E-state index contributed by atoms with van der Waals surface area (Å²) in [6.07, 6.45) is 0. The van der Waals surface area contributed by atoms with Crippen LogP contribution in [0.2, 0.25) is 0 Å². The Labute approximate surface area is 139 Å². The molecule has 0 aliphatic heterocycles. The first-order valence-corrected chi connectivity index (χ1v) is 7.40. The molecule has 0 aliphatic carbocycles. The number of carbonyl (C=O) groups is 2. The molecule has 0 atom stereocenters. The minimum Gasteiger partial charge on any atom is -0.395 e. The number of para-hydroxylation sites is 1. The molecule has 0 fully saturated rings. The van der Waals surface area contributed by atoms with Gasteiger partial charge in [0.15, 0.2) is 0 Å². The van der Waals surface area contributed by atoms with E-state index in [1.807, 2.05) is 36.4 Å². The molecule has 24 heavy (non-hydrogen) atoms. The highest BCUT2D eigenvalue weighted by atomic mass is 16.3. The number of carbonyl (C=O) groups excluding carboxylic acids is 2. The number of aliphatic hydroxyl groups is 1. The highest BCUT2D eigenvalue weighted by Gasteiger charge is 2.22. The summed E-state index contributed by atoms with van der Waals surface area (Å²) in [5, 5.41) is 20.6. The van der Waals surface area contributed by atoms with Crippen molar-refractivity contribution >= 4 is 17.5 Å². The van der Waals surface area contributed by atoms with Gasteiger partial charge in [-0.3, -0.25) is 9.59 Å². The highest BCUT2D eigenvalue weighted by Crippen LogP contribution is 2.14. The summed E-state index contributed by atoms with van der Waals surface area (Å²) in [5.41, 5.74) is 1.40. The van der Waals surface area contributed by atoms with Gasteiger partial charge < -0.3 is 15.3 Å². The Bertz CT molecular complexity index is 754. The van der Waals surface area contributed by atoms with Crippen molar-refractivity contribution in [1.29, 1.82) is 5.26 Å². The number of amides is 2. The SMILES string of the molecule is N#Cc1ccccc1NC(=O)C(=O)N(CCO)Cc1ccccc1. The van der Waals surface area contributed by atoms with Crippen LogP contribution in [0, 0.1) is 11.3 Å². The zero-order valence-electron chi connectivity index (χ0n) is 13.0. The van der Waals surface area contributed by atoms with Crippen LogP contribution in [0.25, 0.3) is 0 Å². The fraction of sp³-hybridized carbons (Fsp3) is 0.167. The molecule has 6 nitrogen and oxygen atoms in total. The van der Waals surface area contributed by atoms with E-state index in [0.717, 1.165) is 5.56 Å². The van der Waals surface area contributed by atoms with E-state index in [-0.39, 0.29) is 30.9 Å². The van der Waals surface area contributed by atoms with Crippen molar-refractivity contribution in [3.8, 4) is 6.07 Å². The maximum Gasteiger partial charge on any atom is 0.313 e. The highest BCUT2D eigenvalue weighted by molar-refractivity contribution is 6.39. The van der Waals surface area contributed by atoms with Gasteiger partial charge in [0.1, 0.15) is 6.07 Å². The van der Waals surface area contributed by atoms with E-state index in [9.17, 15) is 9.59 Å². The predicted molar refractivity (Wildman–Crippen MR) is 88.7 cm³/mol. The maximum atomic E-state index is 12.4. The molecule has 2 amide bonds. The van der Waals surface area contributed by atoms with Crippen LogP contribution in [0.3, 0.4) is 0 Å². The fourth-order valence-corrected chi connectivity index (χ4v) is 2.19. The monoisotopic (exact) mass is 323 g/mol. The van der Waals surface area contributed by atoms with Crippen LogP contribution in [0.15, 0.2) is 54.6 Å². The van der Waals surface area contributed by atoms with Crippen LogP contribution in [0.5, 0.6) is 0 Å². The lowest BCUT2D eigenvalue weighted by atomic mass is 10.2. The molecule has 122 valence electrons. The molecule has 0 bridgehead atoms. The van der Waals surface area contributed by atoms with Gasteiger partial charge >= 0.3 is 11.8 Å². The summed E-state index contributed by atoms with van der Waals surface area (Å²) in [5.74, 6) is -1.61. The van der Waals surface area contributed by atoms with Gasteiger partial charge in [-0.15, -0.1) is 0 Å². The molecule has 2 aromatic rings. The van der Waals surface area contributed by atoms with Crippen molar-refractivity contribution in [2.24, 2.45) is 0 Å². The van der Waals surface area contributed by atoms with E-state index in [1.54, 1.807) is 24.3 Å². The van der Waals surface area contributed by atoms with Gasteiger partial charge in [-0.25, -0.2) is 0 Å². The molecule has 2 rings (SSSR count). The molecule has 0 heterocycles. The molecule has 0 saturated carbocycles. The molecule has 0 aliphatic rings. The van der Waals surface area contributed by atoms with Crippen LogP contribution in [0.4, 0.5) is 5.69 Å². The minimum atomic E-state index is -0.845. The molecule has 0 unspecified atom stereocenters. The first-order valence-electron chi connectivity index (χ1n) is 7.40. The molecular weight excluding hydrogens is 306 g/mol. The lowest BCUT2D eigenvalue weighted by Gasteiger charge is -2.21. The van der Waals surface area contributed by atoms with Gasteiger partial charge in [-0.05, 0) is 17.7 Å². The normalized spacial score (nSPS) is 9.83. The van der Waals surface area contributed by atoms with E-state index in [1.165, 1.54) is 4.90 Å². The largest absolute Gasteiger partial charge is 0.395 e. The van der Waals surface area contributed by atoms with E-state index in [0.29, 0.717) is 0 Å². The Hall–Kier alpha value is -3.17. The number of nitrogens with one attached hydrogen (secondary N) is 1. The summed E-state index contributed by atoms with van der Waals surface area (Å²) in [4.78, 5) is 25.8. The molecule has 6 heteroatoms. The number of nitriles is 1. The van der Waals surface area contributed by atoms with Crippen LogP contribution < -0.4 is 5.32 Å². The van der Waals surface area contributed by atoms with Crippen molar-refractivity contribution in [2.75, 3.05) is 18.5 Å². The second kappa shape index (κ2) is 8.46. The van der Waals surface area contributed by atoms with Gasteiger partial charge in [0.05, 0.1) is 17.9 Å². The van der Waals surface area contributed by atoms with E-state index >= 15 is 0 Å². The smallest absolute Gasteiger partial charge is 0.313 e. The number of benzene rings is 2. The predicted octanol–water partition coefficient (Wildman–Crippen LogP) is 1.52. The van der Waals surface area contributed by atoms with Gasteiger partial charge in [0.2, 0.25) is 0 Å². The number of aliphatic hydroxyl groups excluding tert-OH is 1. The number of hydrogen-bond donors (Lipinski definition) is 2. The third kappa shape index (κ3) is 4.41. The first kappa shape index (κ1) is 17.2. The van der Waals surface area contributed by atoms with E-state index < -0.39 is 11.8 Å². The topological polar surface area (TPSA) is 93.4 Å². The number of anilines is 1. The molecule has 0 aromatic heterocycles.